The molecule has 1 rings (SSSR count). The third kappa shape index (κ3) is 4.73. The van der Waals surface area contributed by atoms with Crippen molar-refractivity contribution in [2.45, 2.75) is 20.4 Å². The van der Waals surface area contributed by atoms with E-state index in [4.69, 9.17) is 16.3 Å². The monoisotopic (exact) mass is 284 g/mol. The molecule has 0 aliphatic heterocycles. The molecule has 0 spiro atoms. The molecular weight excluding hydrogens is 264 g/mol. The minimum atomic E-state index is -0.0755. The third-order valence-electron chi connectivity index (χ3n) is 2.88. The Labute approximate surface area is 119 Å². The molecule has 0 bridgehead atoms. The predicted octanol–water partition coefficient (Wildman–Crippen LogP) is 2.21. The van der Waals surface area contributed by atoms with Gasteiger partial charge in [0.2, 0.25) is 5.91 Å². The largest absolute Gasteiger partial charge is 0.496 e. The van der Waals surface area contributed by atoms with Crippen molar-refractivity contribution in [1.29, 1.82) is 0 Å². The van der Waals surface area contributed by atoms with Crippen molar-refractivity contribution >= 4 is 17.5 Å². The van der Waals surface area contributed by atoms with Crippen molar-refractivity contribution in [3.8, 4) is 5.75 Å². The number of ether oxygens (including phenoxy) is 1. The number of hydrogen-bond acceptors (Lipinski definition) is 3. The summed E-state index contributed by atoms with van der Waals surface area (Å²) in [5.41, 5.74) is 0.802. The lowest BCUT2D eigenvalue weighted by Crippen LogP contribution is -2.35. The van der Waals surface area contributed by atoms with E-state index >= 15 is 0 Å². The van der Waals surface area contributed by atoms with Crippen molar-refractivity contribution < 1.29 is 9.53 Å². The fraction of sp³-hybridized carbons (Fsp3) is 0.500. The van der Waals surface area contributed by atoms with E-state index < -0.39 is 0 Å². The fourth-order valence-corrected chi connectivity index (χ4v) is 1.94. The van der Waals surface area contributed by atoms with Crippen molar-refractivity contribution in [2.75, 3.05) is 20.2 Å². The molecule has 0 aliphatic carbocycles. The maximum Gasteiger partial charge on any atom is 0.224 e. The first-order valence-electron chi connectivity index (χ1n) is 6.40. The van der Waals surface area contributed by atoms with Gasteiger partial charge in [0.05, 0.1) is 7.11 Å². The van der Waals surface area contributed by atoms with Crippen LogP contribution in [0.4, 0.5) is 0 Å². The zero-order valence-electron chi connectivity index (χ0n) is 11.6. The van der Waals surface area contributed by atoms with Gasteiger partial charge in [0.1, 0.15) is 5.75 Å². The molecule has 4 nitrogen and oxygen atoms in total. The molecule has 0 aliphatic rings. The maximum absolute atomic E-state index is 11.9. The summed E-state index contributed by atoms with van der Waals surface area (Å²) in [7, 11) is 1.59. The molecule has 106 valence electrons. The van der Waals surface area contributed by atoms with Crippen molar-refractivity contribution in [1.82, 2.24) is 10.6 Å². The van der Waals surface area contributed by atoms with Gasteiger partial charge in [-0.3, -0.25) is 4.79 Å². The first kappa shape index (κ1) is 15.8. The Morgan fingerprint density at radius 2 is 2.21 bits per heavy atom. The summed E-state index contributed by atoms with van der Waals surface area (Å²) in [4.78, 5) is 11.9. The van der Waals surface area contributed by atoms with Crippen molar-refractivity contribution in [3.63, 3.8) is 0 Å². The zero-order chi connectivity index (χ0) is 14.3. The number of rotatable bonds is 7. The lowest BCUT2D eigenvalue weighted by molar-refractivity contribution is -0.124. The highest BCUT2D eigenvalue weighted by atomic mass is 35.5. The molecule has 0 heterocycles. The van der Waals surface area contributed by atoms with Crippen LogP contribution in [0.25, 0.3) is 0 Å². The van der Waals surface area contributed by atoms with Gasteiger partial charge in [0.25, 0.3) is 0 Å². The summed E-state index contributed by atoms with van der Waals surface area (Å²) in [6.07, 6.45) is 0. The number of halogens is 1. The van der Waals surface area contributed by atoms with Gasteiger partial charge in [-0.2, -0.15) is 0 Å². The van der Waals surface area contributed by atoms with Crippen LogP contribution < -0.4 is 15.4 Å². The summed E-state index contributed by atoms with van der Waals surface area (Å²) in [5, 5.41) is 6.63. The maximum atomic E-state index is 11.9. The first-order chi connectivity index (χ1) is 9.10. The van der Waals surface area contributed by atoms with Crippen LogP contribution in [0.2, 0.25) is 5.02 Å². The molecule has 1 amide bonds. The number of benzene rings is 1. The fourth-order valence-electron chi connectivity index (χ4n) is 1.70. The van der Waals surface area contributed by atoms with Gasteiger partial charge in [-0.05, 0) is 18.7 Å². The quantitative estimate of drug-likeness (QED) is 0.807. The highest BCUT2D eigenvalue weighted by Gasteiger charge is 2.14. The second kappa shape index (κ2) is 8.02. The SMILES string of the molecule is CCNCC(C)C(=O)NCc1c(Cl)cccc1OC. The normalized spacial score (nSPS) is 12.0. The summed E-state index contributed by atoms with van der Waals surface area (Å²) < 4.78 is 5.24. The van der Waals surface area contributed by atoms with Gasteiger partial charge < -0.3 is 15.4 Å². The Kier molecular flexibility index (Phi) is 6.67. The molecule has 0 radical (unpaired) electrons. The van der Waals surface area contributed by atoms with Crippen LogP contribution in [0, 0.1) is 5.92 Å². The average Bonchev–Trinajstić information content (AvgIpc) is 2.42. The number of carbonyl (C=O) groups is 1. The Bertz CT molecular complexity index is 424. The number of amides is 1. The van der Waals surface area contributed by atoms with Crippen LogP contribution in [0.3, 0.4) is 0 Å². The standard InChI is InChI=1S/C14H21ClN2O2/c1-4-16-8-10(2)14(18)17-9-11-12(15)6-5-7-13(11)19-3/h5-7,10,16H,4,8-9H2,1-3H3,(H,17,18). The van der Waals surface area contributed by atoms with Crippen LogP contribution in [0.15, 0.2) is 18.2 Å². The van der Waals surface area contributed by atoms with E-state index in [9.17, 15) is 4.79 Å². The first-order valence-corrected chi connectivity index (χ1v) is 6.77. The number of methoxy groups -OCH3 is 1. The minimum Gasteiger partial charge on any atom is -0.496 e. The summed E-state index contributed by atoms with van der Waals surface area (Å²) >= 11 is 6.11. The van der Waals surface area contributed by atoms with Crippen LogP contribution in [-0.2, 0) is 11.3 Å². The Morgan fingerprint density at radius 1 is 1.47 bits per heavy atom. The van der Waals surface area contributed by atoms with Crippen molar-refractivity contribution in [2.24, 2.45) is 5.92 Å². The topological polar surface area (TPSA) is 50.4 Å². The van der Waals surface area contributed by atoms with Gasteiger partial charge in [0, 0.05) is 29.6 Å². The molecule has 19 heavy (non-hydrogen) atoms. The van der Waals surface area contributed by atoms with Gasteiger partial charge in [-0.15, -0.1) is 0 Å². The molecule has 1 aromatic rings. The summed E-state index contributed by atoms with van der Waals surface area (Å²) in [5.74, 6) is 0.614. The molecule has 0 aromatic heterocycles. The molecule has 0 fully saturated rings. The van der Waals surface area contributed by atoms with E-state index in [0.29, 0.717) is 23.9 Å². The predicted molar refractivity (Wildman–Crippen MR) is 77.6 cm³/mol. The molecule has 0 saturated heterocycles. The molecule has 1 unspecified atom stereocenters. The molecule has 1 atom stereocenters. The van der Waals surface area contributed by atoms with Gasteiger partial charge in [0.15, 0.2) is 0 Å². The van der Waals surface area contributed by atoms with E-state index in [1.165, 1.54) is 0 Å². The summed E-state index contributed by atoms with van der Waals surface area (Å²) in [6, 6.07) is 5.43. The van der Waals surface area contributed by atoms with Crippen LogP contribution >= 0.6 is 11.6 Å². The second-order valence-electron chi connectivity index (χ2n) is 4.35. The van der Waals surface area contributed by atoms with Crippen LogP contribution in [0.1, 0.15) is 19.4 Å². The van der Waals surface area contributed by atoms with Gasteiger partial charge in [-0.25, -0.2) is 0 Å². The summed E-state index contributed by atoms with van der Waals surface area (Å²) in [6.45, 7) is 5.80. The van der Waals surface area contributed by atoms with Crippen LogP contribution in [-0.4, -0.2) is 26.1 Å². The Hall–Kier alpha value is -1.26. The third-order valence-corrected chi connectivity index (χ3v) is 3.24. The Balaban J connectivity index is 2.59. The van der Waals surface area contributed by atoms with E-state index in [0.717, 1.165) is 12.1 Å². The Morgan fingerprint density at radius 3 is 2.84 bits per heavy atom. The smallest absolute Gasteiger partial charge is 0.224 e. The van der Waals surface area contributed by atoms with Crippen molar-refractivity contribution in [3.05, 3.63) is 28.8 Å². The van der Waals surface area contributed by atoms with E-state index in [1.807, 2.05) is 26.0 Å². The molecule has 1 aromatic carbocycles. The molecule has 0 saturated carbocycles. The second-order valence-corrected chi connectivity index (χ2v) is 4.75. The lowest BCUT2D eigenvalue weighted by Gasteiger charge is -2.14. The van der Waals surface area contributed by atoms with Gasteiger partial charge >= 0.3 is 0 Å². The molecule has 5 heteroatoms. The lowest BCUT2D eigenvalue weighted by atomic mass is 10.1. The number of hydrogen-bond donors (Lipinski definition) is 2. The molecule has 2 N–H and O–H groups in total. The van der Waals surface area contributed by atoms with Gasteiger partial charge in [-0.1, -0.05) is 31.5 Å². The molecular formula is C14H21ClN2O2. The zero-order valence-corrected chi connectivity index (χ0v) is 12.4. The van der Waals surface area contributed by atoms with E-state index in [1.54, 1.807) is 13.2 Å². The number of nitrogens with one attached hydrogen (secondary N) is 2. The highest BCUT2D eigenvalue weighted by Crippen LogP contribution is 2.25. The van der Waals surface area contributed by atoms with E-state index in [-0.39, 0.29) is 11.8 Å². The highest BCUT2D eigenvalue weighted by molar-refractivity contribution is 6.31. The average molecular weight is 285 g/mol. The number of carbonyl (C=O) groups excluding carboxylic acids is 1. The van der Waals surface area contributed by atoms with E-state index in [2.05, 4.69) is 10.6 Å². The minimum absolute atomic E-state index is 0.00271. The van der Waals surface area contributed by atoms with Crippen LogP contribution in [0.5, 0.6) is 5.75 Å².